The van der Waals surface area contributed by atoms with Crippen LogP contribution in [-0.2, 0) is 0 Å². The Labute approximate surface area is 65.2 Å². The fourth-order valence-corrected chi connectivity index (χ4v) is 2.31. The molecule has 11 heavy (non-hydrogen) atoms. The van der Waals surface area contributed by atoms with Gasteiger partial charge in [-0.05, 0) is 18.8 Å². The van der Waals surface area contributed by atoms with Gasteiger partial charge in [0.15, 0.2) is 0 Å². The monoisotopic (exact) mass is 161 g/mol. The first-order valence-electron chi connectivity index (χ1n) is 4.22. The van der Waals surface area contributed by atoms with Gasteiger partial charge in [0.25, 0.3) is 5.92 Å². The van der Waals surface area contributed by atoms with Gasteiger partial charge in [0.1, 0.15) is 0 Å². The van der Waals surface area contributed by atoms with Crippen LogP contribution in [0.2, 0.25) is 0 Å². The lowest BCUT2D eigenvalue weighted by Crippen LogP contribution is -2.42. The minimum atomic E-state index is -2.44. The Morgan fingerprint density at radius 1 is 1.36 bits per heavy atom. The van der Waals surface area contributed by atoms with E-state index < -0.39 is 12.0 Å². The normalized spacial score (nSPS) is 47.7. The standard InChI is InChI=1S/C8H13F2N/c1-5-2-6-4-8(9,10)7(3-5)11-6/h5-7,11H,2-4H2,1H3/t5-,6+,7-/m1/s1. The van der Waals surface area contributed by atoms with Gasteiger partial charge in [-0.1, -0.05) is 6.92 Å². The minimum Gasteiger partial charge on any atom is -0.306 e. The zero-order valence-electron chi connectivity index (χ0n) is 6.61. The average molecular weight is 161 g/mol. The first-order chi connectivity index (χ1) is 5.08. The lowest BCUT2D eigenvalue weighted by atomic mass is 9.94. The highest BCUT2D eigenvalue weighted by Gasteiger charge is 2.51. The molecule has 0 unspecified atom stereocenters. The average Bonchev–Trinajstić information content (AvgIpc) is 2.02. The van der Waals surface area contributed by atoms with Gasteiger partial charge in [-0.15, -0.1) is 0 Å². The summed E-state index contributed by atoms with van der Waals surface area (Å²) in [6.45, 7) is 2.06. The van der Waals surface area contributed by atoms with Crippen molar-refractivity contribution in [3.05, 3.63) is 0 Å². The molecule has 3 heteroatoms. The zero-order chi connectivity index (χ0) is 8.06. The number of halogens is 2. The number of hydrogen-bond acceptors (Lipinski definition) is 1. The van der Waals surface area contributed by atoms with Gasteiger partial charge in [-0.3, -0.25) is 0 Å². The molecule has 0 aromatic rings. The van der Waals surface area contributed by atoms with Gasteiger partial charge in [0, 0.05) is 12.5 Å². The van der Waals surface area contributed by atoms with Gasteiger partial charge in [-0.2, -0.15) is 0 Å². The predicted octanol–water partition coefficient (Wildman–Crippen LogP) is 1.78. The van der Waals surface area contributed by atoms with E-state index in [2.05, 4.69) is 12.2 Å². The predicted molar refractivity (Wildman–Crippen MR) is 38.7 cm³/mol. The van der Waals surface area contributed by atoms with Crippen LogP contribution in [0.15, 0.2) is 0 Å². The summed E-state index contributed by atoms with van der Waals surface area (Å²) >= 11 is 0. The molecule has 0 aliphatic carbocycles. The second-order valence-corrected chi connectivity index (χ2v) is 3.96. The molecule has 2 fully saturated rings. The summed E-state index contributed by atoms with van der Waals surface area (Å²) in [5, 5.41) is 2.96. The minimum absolute atomic E-state index is 0.0575. The van der Waals surface area contributed by atoms with Crippen molar-refractivity contribution in [3.8, 4) is 0 Å². The Balaban J connectivity index is 2.14. The van der Waals surface area contributed by atoms with Crippen LogP contribution in [0.5, 0.6) is 0 Å². The summed E-state index contributed by atoms with van der Waals surface area (Å²) in [5.74, 6) is -1.96. The number of hydrogen-bond donors (Lipinski definition) is 1. The molecule has 0 aromatic carbocycles. The fourth-order valence-electron chi connectivity index (χ4n) is 2.31. The molecule has 1 N–H and O–H groups in total. The third kappa shape index (κ3) is 1.15. The van der Waals surface area contributed by atoms with E-state index in [1.165, 1.54) is 0 Å². The number of alkyl halides is 2. The van der Waals surface area contributed by atoms with E-state index in [-0.39, 0.29) is 12.5 Å². The van der Waals surface area contributed by atoms with E-state index in [1.54, 1.807) is 0 Å². The second-order valence-electron chi connectivity index (χ2n) is 3.96. The summed E-state index contributed by atoms with van der Waals surface area (Å²) in [6.07, 6.45) is 1.62. The van der Waals surface area contributed by atoms with Crippen LogP contribution in [0.25, 0.3) is 0 Å². The Morgan fingerprint density at radius 2 is 2.09 bits per heavy atom. The molecule has 0 saturated carbocycles. The summed E-state index contributed by atoms with van der Waals surface area (Å²) in [5.41, 5.74) is 0. The van der Waals surface area contributed by atoms with Gasteiger partial charge in [0.2, 0.25) is 0 Å². The maximum absolute atomic E-state index is 13.0. The largest absolute Gasteiger partial charge is 0.306 e. The molecule has 3 atom stereocenters. The van der Waals surface area contributed by atoms with Crippen LogP contribution in [0.4, 0.5) is 8.78 Å². The van der Waals surface area contributed by atoms with Crippen molar-refractivity contribution in [1.82, 2.24) is 5.32 Å². The maximum Gasteiger partial charge on any atom is 0.264 e. The van der Waals surface area contributed by atoms with Crippen LogP contribution >= 0.6 is 0 Å². The fraction of sp³-hybridized carbons (Fsp3) is 1.00. The van der Waals surface area contributed by atoms with Crippen LogP contribution < -0.4 is 5.32 Å². The van der Waals surface area contributed by atoms with Crippen molar-refractivity contribution >= 4 is 0 Å². The second kappa shape index (κ2) is 2.16. The van der Waals surface area contributed by atoms with Crippen LogP contribution in [0.3, 0.4) is 0 Å². The number of piperidine rings is 1. The van der Waals surface area contributed by atoms with Gasteiger partial charge < -0.3 is 5.32 Å². The van der Waals surface area contributed by atoms with Crippen molar-refractivity contribution in [1.29, 1.82) is 0 Å². The van der Waals surface area contributed by atoms with Crippen LogP contribution in [-0.4, -0.2) is 18.0 Å². The van der Waals surface area contributed by atoms with E-state index in [0.717, 1.165) is 6.42 Å². The molecule has 1 nitrogen and oxygen atoms in total. The Kier molecular flexibility index (Phi) is 1.46. The zero-order valence-corrected chi connectivity index (χ0v) is 6.61. The van der Waals surface area contributed by atoms with Crippen LogP contribution in [0.1, 0.15) is 26.2 Å². The lowest BCUT2D eigenvalue weighted by molar-refractivity contribution is -0.0143. The molecule has 0 spiro atoms. The maximum atomic E-state index is 13.0. The Bertz CT molecular complexity index is 169. The molecule has 0 radical (unpaired) electrons. The van der Waals surface area contributed by atoms with E-state index in [1.807, 2.05) is 0 Å². The summed E-state index contributed by atoms with van der Waals surface area (Å²) in [6, 6.07) is -0.449. The molecular weight excluding hydrogens is 148 g/mol. The smallest absolute Gasteiger partial charge is 0.264 e. The quantitative estimate of drug-likeness (QED) is 0.571. The molecule has 2 bridgehead atoms. The van der Waals surface area contributed by atoms with Gasteiger partial charge in [0.05, 0.1) is 6.04 Å². The molecule has 2 saturated heterocycles. The number of nitrogens with one attached hydrogen (secondary N) is 1. The number of rotatable bonds is 0. The molecule has 0 amide bonds. The molecular formula is C8H13F2N. The Hall–Kier alpha value is -0.180. The topological polar surface area (TPSA) is 12.0 Å². The van der Waals surface area contributed by atoms with E-state index in [0.29, 0.717) is 12.3 Å². The van der Waals surface area contributed by atoms with E-state index in [4.69, 9.17) is 0 Å². The first kappa shape index (κ1) is 7.47. The first-order valence-corrected chi connectivity index (χ1v) is 4.22. The molecule has 2 rings (SSSR count). The van der Waals surface area contributed by atoms with Gasteiger partial charge in [-0.25, -0.2) is 8.78 Å². The molecule has 2 heterocycles. The van der Waals surface area contributed by atoms with Crippen molar-refractivity contribution in [3.63, 3.8) is 0 Å². The molecule has 0 aromatic heterocycles. The van der Waals surface area contributed by atoms with Crippen LogP contribution in [0, 0.1) is 5.92 Å². The summed E-state index contributed by atoms with van der Waals surface area (Å²) in [4.78, 5) is 0. The molecule has 2 aliphatic rings. The molecule has 2 aliphatic heterocycles. The van der Waals surface area contributed by atoms with E-state index in [9.17, 15) is 8.78 Å². The summed E-state index contributed by atoms with van der Waals surface area (Å²) in [7, 11) is 0. The highest BCUT2D eigenvalue weighted by Crippen LogP contribution is 2.40. The number of fused-ring (bicyclic) bond motifs is 2. The van der Waals surface area contributed by atoms with E-state index >= 15 is 0 Å². The van der Waals surface area contributed by atoms with Crippen molar-refractivity contribution < 1.29 is 8.78 Å². The van der Waals surface area contributed by atoms with Crippen molar-refractivity contribution in [2.75, 3.05) is 0 Å². The van der Waals surface area contributed by atoms with Gasteiger partial charge >= 0.3 is 0 Å². The summed E-state index contributed by atoms with van der Waals surface area (Å²) < 4.78 is 26.0. The lowest BCUT2D eigenvalue weighted by Gasteiger charge is -2.26. The SMILES string of the molecule is C[C@@H]1C[C@H]2CC(F)(F)[C@@H](C1)N2. The molecule has 64 valence electrons. The highest BCUT2D eigenvalue weighted by atomic mass is 19.3. The van der Waals surface area contributed by atoms with Crippen molar-refractivity contribution in [2.24, 2.45) is 5.92 Å². The third-order valence-electron chi connectivity index (χ3n) is 2.79. The Morgan fingerprint density at radius 3 is 2.73 bits per heavy atom. The highest BCUT2D eigenvalue weighted by molar-refractivity contribution is 5.01. The third-order valence-corrected chi connectivity index (χ3v) is 2.79. The van der Waals surface area contributed by atoms with Crippen molar-refractivity contribution in [2.45, 2.75) is 44.2 Å².